The van der Waals surface area contributed by atoms with Crippen molar-refractivity contribution in [1.29, 1.82) is 0 Å². The van der Waals surface area contributed by atoms with Gasteiger partial charge in [-0.15, -0.1) is 0 Å². The molecule has 0 aliphatic carbocycles. The summed E-state index contributed by atoms with van der Waals surface area (Å²) in [6.45, 7) is 5.79. The largest absolute Gasteiger partial charge is 0.369 e. The minimum absolute atomic E-state index is 0.0395. The summed E-state index contributed by atoms with van der Waals surface area (Å²) in [5, 5.41) is 3.80. The fraction of sp³-hybridized carbons (Fsp3) is 0.562. The summed E-state index contributed by atoms with van der Waals surface area (Å²) in [6, 6.07) is 7.55. The van der Waals surface area contributed by atoms with Crippen LogP contribution in [-0.4, -0.2) is 31.1 Å². The number of halogens is 1. The molecule has 1 amide bonds. The highest BCUT2D eigenvalue weighted by Crippen LogP contribution is 2.23. The van der Waals surface area contributed by atoms with E-state index in [1.807, 2.05) is 38.1 Å². The first-order valence-electron chi connectivity index (χ1n) is 7.57. The molecule has 116 valence electrons. The number of carbonyl (C=O) groups excluding carboxylic acids is 1. The molecule has 1 aliphatic rings. The van der Waals surface area contributed by atoms with E-state index < -0.39 is 6.04 Å². The zero-order valence-electron chi connectivity index (χ0n) is 12.7. The fourth-order valence-corrected chi connectivity index (χ4v) is 2.78. The fourth-order valence-electron chi connectivity index (χ4n) is 2.60. The van der Waals surface area contributed by atoms with Crippen LogP contribution in [0.2, 0.25) is 5.02 Å². The number of benzene rings is 1. The van der Waals surface area contributed by atoms with Crippen molar-refractivity contribution in [1.82, 2.24) is 5.32 Å². The molecule has 4 nitrogen and oxygen atoms in total. The maximum atomic E-state index is 12.1. The van der Waals surface area contributed by atoms with Crippen LogP contribution in [0, 0.1) is 5.92 Å². The van der Waals surface area contributed by atoms with E-state index in [4.69, 9.17) is 17.3 Å². The summed E-state index contributed by atoms with van der Waals surface area (Å²) in [4.78, 5) is 14.4. The molecular weight excluding hydrogens is 286 g/mol. The van der Waals surface area contributed by atoms with Gasteiger partial charge in [-0.05, 0) is 30.5 Å². The van der Waals surface area contributed by atoms with Gasteiger partial charge in [0.25, 0.3) is 0 Å². The Morgan fingerprint density at radius 2 is 2.33 bits per heavy atom. The van der Waals surface area contributed by atoms with Crippen LogP contribution in [0.1, 0.15) is 26.7 Å². The van der Waals surface area contributed by atoms with Crippen LogP contribution in [0.3, 0.4) is 0 Å². The van der Waals surface area contributed by atoms with Crippen molar-refractivity contribution in [2.75, 3.05) is 18.0 Å². The first-order chi connectivity index (χ1) is 10.0. The number of carbonyl (C=O) groups is 1. The lowest BCUT2D eigenvalue weighted by atomic mass is 9.99. The second-order valence-corrected chi connectivity index (χ2v) is 6.27. The normalized spacial score (nSPS) is 21.1. The van der Waals surface area contributed by atoms with Gasteiger partial charge >= 0.3 is 0 Å². The van der Waals surface area contributed by atoms with Crippen LogP contribution < -0.4 is 16.0 Å². The number of hydrogen-bond acceptors (Lipinski definition) is 3. The van der Waals surface area contributed by atoms with E-state index in [2.05, 4.69) is 10.2 Å². The predicted molar refractivity (Wildman–Crippen MR) is 87.6 cm³/mol. The first kappa shape index (κ1) is 16.1. The molecule has 5 heteroatoms. The molecular formula is C16H24ClN3O. The van der Waals surface area contributed by atoms with Crippen molar-refractivity contribution in [3.05, 3.63) is 29.3 Å². The van der Waals surface area contributed by atoms with E-state index in [0.717, 1.165) is 36.6 Å². The molecule has 3 N–H and O–H groups in total. The first-order valence-corrected chi connectivity index (χ1v) is 7.95. The topological polar surface area (TPSA) is 58.4 Å². The lowest BCUT2D eigenvalue weighted by molar-refractivity contribution is -0.124. The van der Waals surface area contributed by atoms with Crippen LogP contribution in [-0.2, 0) is 4.79 Å². The van der Waals surface area contributed by atoms with Crippen LogP contribution in [0.25, 0.3) is 0 Å². The number of nitrogens with zero attached hydrogens (tertiary/aromatic N) is 1. The number of rotatable bonds is 5. The van der Waals surface area contributed by atoms with E-state index in [1.165, 1.54) is 0 Å². The molecule has 1 aromatic rings. The molecule has 0 aromatic heterocycles. The molecule has 1 saturated heterocycles. The number of amides is 1. The standard InChI is InChI=1S/C16H24ClN3O/c1-3-11(2)15(18)16(21)19-13-7-8-20(10-13)14-6-4-5-12(17)9-14/h4-6,9,11,13,15H,3,7-8,10,18H2,1-2H3,(H,19,21). The highest BCUT2D eigenvalue weighted by Gasteiger charge is 2.27. The van der Waals surface area contributed by atoms with Crippen molar-refractivity contribution in [2.24, 2.45) is 11.7 Å². The number of nitrogens with one attached hydrogen (secondary N) is 1. The summed E-state index contributed by atoms with van der Waals surface area (Å²) in [7, 11) is 0. The van der Waals surface area contributed by atoms with Gasteiger partial charge in [-0.3, -0.25) is 4.79 Å². The third-order valence-corrected chi connectivity index (χ3v) is 4.50. The minimum atomic E-state index is -0.421. The van der Waals surface area contributed by atoms with Gasteiger partial charge in [0.15, 0.2) is 0 Å². The Balaban J connectivity index is 1.89. The van der Waals surface area contributed by atoms with E-state index in [1.54, 1.807) is 0 Å². The Bertz CT molecular complexity index is 494. The average Bonchev–Trinajstić information content (AvgIpc) is 2.94. The van der Waals surface area contributed by atoms with Crippen LogP contribution in [0.15, 0.2) is 24.3 Å². The van der Waals surface area contributed by atoms with Crippen molar-refractivity contribution >= 4 is 23.2 Å². The van der Waals surface area contributed by atoms with Gasteiger partial charge in [0.05, 0.1) is 6.04 Å². The van der Waals surface area contributed by atoms with Gasteiger partial charge in [-0.25, -0.2) is 0 Å². The van der Waals surface area contributed by atoms with Gasteiger partial charge in [0.2, 0.25) is 5.91 Å². The molecule has 0 spiro atoms. The van der Waals surface area contributed by atoms with Crippen LogP contribution in [0.5, 0.6) is 0 Å². The maximum Gasteiger partial charge on any atom is 0.237 e. The second-order valence-electron chi connectivity index (χ2n) is 5.83. The molecule has 21 heavy (non-hydrogen) atoms. The second kappa shape index (κ2) is 7.14. The van der Waals surface area contributed by atoms with E-state index in [-0.39, 0.29) is 17.9 Å². The third kappa shape index (κ3) is 4.11. The Hall–Kier alpha value is -1.26. The zero-order valence-corrected chi connectivity index (χ0v) is 13.4. The van der Waals surface area contributed by atoms with Crippen molar-refractivity contribution in [3.8, 4) is 0 Å². The quantitative estimate of drug-likeness (QED) is 0.878. The van der Waals surface area contributed by atoms with Crippen LogP contribution in [0.4, 0.5) is 5.69 Å². The van der Waals surface area contributed by atoms with E-state index in [0.29, 0.717) is 0 Å². The summed E-state index contributed by atoms with van der Waals surface area (Å²) >= 11 is 6.02. The summed E-state index contributed by atoms with van der Waals surface area (Å²) < 4.78 is 0. The van der Waals surface area contributed by atoms with Crippen molar-refractivity contribution in [2.45, 2.75) is 38.8 Å². The van der Waals surface area contributed by atoms with Gasteiger partial charge < -0.3 is 16.0 Å². The lowest BCUT2D eigenvalue weighted by Gasteiger charge is -2.22. The zero-order chi connectivity index (χ0) is 15.4. The summed E-state index contributed by atoms with van der Waals surface area (Å²) in [6.07, 6.45) is 1.85. The van der Waals surface area contributed by atoms with Crippen molar-refractivity contribution < 1.29 is 4.79 Å². The van der Waals surface area contributed by atoms with Gasteiger partial charge in [-0.2, -0.15) is 0 Å². The van der Waals surface area contributed by atoms with Gasteiger partial charge in [0.1, 0.15) is 0 Å². The molecule has 3 unspecified atom stereocenters. The molecule has 1 aliphatic heterocycles. The Labute approximate surface area is 131 Å². The SMILES string of the molecule is CCC(C)C(N)C(=O)NC1CCN(c2cccc(Cl)c2)C1. The molecule has 2 rings (SSSR count). The average molecular weight is 310 g/mol. The number of anilines is 1. The van der Waals surface area contributed by atoms with E-state index in [9.17, 15) is 4.79 Å². The smallest absolute Gasteiger partial charge is 0.237 e. The predicted octanol–water partition coefficient (Wildman–Crippen LogP) is 2.41. The minimum Gasteiger partial charge on any atom is -0.369 e. The number of nitrogens with two attached hydrogens (primary N) is 1. The van der Waals surface area contributed by atoms with Crippen molar-refractivity contribution in [3.63, 3.8) is 0 Å². The van der Waals surface area contributed by atoms with Gasteiger partial charge in [-0.1, -0.05) is 37.9 Å². The molecule has 0 bridgehead atoms. The molecule has 1 aromatic carbocycles. The Morgan fingerprint density at radius 1 is 1.57 bits per heavy atom. The maximum absolute atomic E-state index is 12.1. The Morgan fingerprint density at radius 3 is 3.00 bits per heavy atom. The monoisotopic (exact) mass is 309 g/mol. The molecule has 1 heterocycles. The molecule has 3 atom stereocenters. The summed E-state index contributed by atoms with van der Waals surface area (Å²) in [5.74, 6) is 0.165. The lowest BCUT2D eigenvalue weighted by Crippen LogP contribution is -2.49. The molecule has 1 fully saturated rings. The third-order valence-electron chi connectivity index (χ3n) is 4.27. The van der Waals surface area contributed by atoms with E-state index >= 15 is 0 Å². The number of hydrogen-bond donors (Lipinski definition) is 2. The van der Waals surface area contributed by atoms with Gasteiger partial charge in [0, 0.05) is 29.8 Å². The Kier molecular flexibility index (Phi) is 5.48. The molecule has 0 radical (unpaired) electrons. The summed E-state index contributed by atoms with van der Waals surface area (Å²) in [5.41, 5.74) is 7.07. The van der Waals surface area contributed by atoms with Crippen LogP contribution >= 0.6 is 11.6 Å². The molecule has 0 saturated carbocycles. The highest BCUT2D eigenvalue weighted by molar-refractivity contribution is 6.30. The highest BCUT2D eigenvalue weighted by atomic mass is 35.5.